The second kappa shape index (κ2) is 8.34. The highest BCUT2D eigenvalue weighted by atomic mass is 79.9. The molecule has 0 atom stereocenters. The van der Waals surface area contributed by atoms with E-state index >= 15 is 0 Å². The number of Topliss-reactive ketones (excluding diaryl/α,β-unsaturated/α-hetero) is 1. The van der Waals surface area contributed by atoms with Gasteiger partial charge in [-0.15, -0.1) is 0 Å². The van der Waals surface area contributed by atoms with E-state index in [9.17, 15) is 9.59 Å². The van der Waals surface area contributed by atoms with Gasteiger partial charge in [0, 0.05) is 17.7 Å². The van der Waals surface area contributed by atoms with Crippen LogP contribution in [0.2, 0.25) is 0 Å². The van der Waals surface area contributed by atoms with Crippen LogP contribution < -0.4 is 14.8 Å². The third-order valence-electron chi connectivity index (χ3n) is 3.12. The number of ether oxygens (including phenoxy) is 2. The van der Waals surface area contributed by atoms with Crippen LogP contribution in [0.25, 0.3) is 0 Å². The van der Waals surface area contributed by atoms with E-state index < -0.39 is 6.09 Å². The fourth-order valence-electron chi connectivity index (χ4n) is 2.04. The molecule has 0 unspecified atom stereocenters. The molecule has 0 fully saturated rings. The summed E-state index contributed by atoms with van der Waals surface area (Å²) in [6, 6.07) is 3.39. The van der Waals surface area contributed by atoms with Crippen molar-refractivity contribution in [3.8, 4) is 11.5 Å². The molecule has 0 aromatic heterocycles. The van der Waals surface area contributed by atoms with E-state index in [0.717, 1.165) is 5.56 Å². The maximum absolute atomic E-state index is 12.1. The number of benzene rings is 1. The lowest BCUT2D eigenvalue weighted by Crippen LogP contribution is -2.28. The second-order valence-electron chi connectivity index (χ2n) is 6.01. The van der Waals surface area contributed by atoms with Crippen molar-refractivity contribution in [3.63, 3.8) is 0 Å². The molecule has 0 radical (unpaired) electrons. The fraction of sp³-hybridized carbons (Fsp3) is 0.529. The molecule has 128 valence electrons. The molecule has 0 spiro atoms. The minimum absolute atomic E-state index is 0.0546. The van der Waals surface area contributed by atoms with E-state index in [-0.39, 0.29) is 16.5 Å². The Balaban J connectivity index is 3.48. The molecule has 6 heteroatoms. The molecule has 1 aromatic rings. The molecule has 0 bridgehead atoms. The molecule has 5 nitrogen and oxygen atoms in total. The van der Waals surface area contributed by atoms with Gasteiger partial charge in [0.15, 0.2) is 17.3 Å². The van der Waals surface area contributed by atoms with Gasteiger partial charge in [-0.05, 0) is 31.4 Å². The predicted molar refractivity (Wildman–Crippen MR) is 94.1 cm³/mol. The number of nitrogens with one attached hydrogen (secondary N) is 1. The summed E-state index contributed by atoms with van der Waals surface area (Å²) in [5.41, 5.74) is 0.952. The summed E-state index contributed by atoms with van der Waals surface area (Å²) < 4.78 is 11.1. The fourth-order valence-corrected chi connectivity index (χ4v) is 2.36. The van der Waals surface area contributed by atoms with Gasteiger partial charge in [0.1, 0.15) is 0 Å². The van der Waals surface area contributed by atoms with Crippen molar-refractivity contribution in [2.75, 3.05) is 18.5 Å². The van der Waals surface area contributed by atoms with Crippen molar-refractivity contribution in [1.29, 1.82) is 0 Å². The van der Waals surface area contributed by atoms with Crippen LogP contribution in [0.1, 0.15) is 50.5 Å². The van der Waals surface area contributed by atoms with Crippen molar-refractivity contribution in [1.82, 2.24) is 5.32 Å². The van der Waals surface area contributed by atoms with Crippen LogP contribution in [0.4, 0.5) is 4.79 Å². The smallest absolute Gasteiger partial charge is 0.412 e. The van der Waals surface area contributed by atoms with Crippen molar-refractivity contribution < 1.29 is 19.1 Å². The van der Waals surface area contributed by atoms with Crippen molar-refractivity contribution in [2.24, 2.45) is 0 Å². The zero-order valence-electron chi connectivity index (χ0n) is 14.3. The van der Waals surface area contributed by atoms with Crippen LogP contribution in [-0.2, 0) is 5.41 Å². The molecular formula is C17H24BrNO4. The lowest BCUT2D eigenvalue weighted by molar-refractivity contribution is 0.102. The molecule has 1 N–H and O–H groups in total. The first-order chi connectivity index (χ1) is 10.7. The quantitative estimate of drug-likeness (QED) is 0.591. The normalized spacial score (nSPS) is 11.0. The summed E-state index contributed by atoms with van der Waals surface area (Å²) in [5, 5.41) is 2.82. The molecule has 1 rings (SSSR count). The van der Waals surface area contributed by atoms with Gasteiger partial charge in [0.2, 0.25) is 0 Å². The van der Waals surface area contributed by atoms with E-state index in [2.05, 4.69) is 21.2 Å². The van der Waals surface area contributed by atoms with Gasteiger partial charge in [-0.25, -0.2) is 4.79 Å². The summed E-state index contributed by atoms with van der Waals surface area (Å²) in [6.07, 6.45) is -0.543. The van der Waals surface area contributed by atoms with Gasteiger partial charge in [0.05, 0.1) is 11.9 Å². The molecule has 0 saturated heterocycles. The molecule has 1 amide bonds. The predicted octanol–water partition coefficient (Wildman–Crippen LogP) is 4.07. The Morgan fingerprint density at radius 3 is 2.35 bits per heavy atom. The number of amides is 1. The Morgan fingerprint density at radius 2 is 1.87 bits per heavy atom. The minimum Gasteiger partial charge on any atom is -0.490 e. The third kappa shape index (κ3) is 5.23. The van der Waals surface area contributed by atoms with Crippen LogP contribution in [0, 0.1) is 0 Å². The Hall–Kier alpha value is -1.56. The Bertz CT molecular complexity index is 579. The standard InChI is InChI=1S/C17H24BrNO4/c1-6-19-16(21)23-15-12(17(3,4)5)8-11(13(20)10-18)9-14(15)22-7-2/h8-9H,6-7,10H2,1-5H3,(H,19,21). The first kappa shape index (κ1) is 19.5. The lowest BCUT2D eigenvalue weighted by atomic mass is 9.84. The summed E-state index contributed by atoms with van der Waals surface area (Å²) in [4.78, 5) is 23.9. The Kier molecular flexibility index (Phi) is 7.06. The maximum Gasteiger partial charge on any atom is 0.412 e. The topological polar surface area (TPSA) is 64.6 Å². The SMILES string of the molecule is CCNC(=O)Oc1c(OCC)cc(C(=O)CBr)cc1C(C)(C)C. The van der Waals surface area contributed by atoms with Crippen molar-refractivity contribution in [3.05, 3.63) is 23.3 Å². The highest BCUT2D eigenvalue weighted by Crippen LogP contribution is 2.40. The number of alkyl halides is 1. The molecule has 0 heterocycles. The molecule has 0 aliphatic heterocycles. The average Bonchev–Trinajstić information content (AvgIpc) is 2.47. The van der Waals surface area contributed by atoms with Crippen LogP contribution in [0.3, 0.4) is 0 Å². The van der Waals surface area contributed by atoms with Crippen LogP contribution in [0.5, 0.6) is 11.5 Å². The van der Waals surface area contributed by atoms with Gasteiger partial charge < -0.3 is 14.8 Å². The molecular weight excluding hydrogens is 362 g/mol. The Morgan fingerprint density at radius 1 is 1.22 bits per heavy atom. The lowest BCUT2D eigenvalue weighted by Gasteiger charge is -2.25. The summed E-state index contributed by atoms with van der Waals surface area (Å²) >= 11 is 3.18. The number of halogens is 1. The van der Waals surface area contributed by atoms with Gasteiger partial charge in [-0.2, -0.15) is 0 Å². The highest BCUT2D eigenvalue weighted by molar-refractivity contribution is 9.09. The zero-order chi connectivity index (χ0) is 17.6. The summed E-state index contributed by atoms with van der Waals surface area (Å²) in [5.74, 6) is 0.702. The number of carbonyl (C=O) groups excluding carboxylic acids is 2. The number of hydrogen-bond donors (Lipinski definition) is 1. The minimum atomic E-state index is -0.543. The van der Waals surface area contributed by atoms with Crippen molar-refractivity contribution >= 4 is 27.8 Å². The number of carbonyl (C=O) groups is 2. The van der Waals surface area contributed by atoms with Crippen LogP contribution in [-0.4, -0.2) is 30.4 Å². The number of rotatable bonds is 6. The number of hydrogen-bond acceptors (Lipinski definition) is 4. The van der Waals surface area contributed by atoms with Crippen LogP contribution >= 0.6 is 15.9 Å². The molecule has 1 aromatic carbocycles. The van der Waals surface area contributed by atoms with E-state index in [1.165, 1.54) is 0 Å². The van der Waals surface area contributed by atoms with Gasteiger partial charge >= 0.3 is 6.09 Å². The summed E-state index contributed by atoms with van der Waals surface area (Å²) in [6.45, 7) is 10.5. The second-order valence-corrected chi connectivity index (χ2v) is 6.57. The molecule has 0 aliphatic carbocycles. The van der Waals surface area contributed by atoms with Crippen LogP contribution in [0.15, 0.2) is 12.1 Å². The van der Waals surface area contributed by atoms with Gasteiger partial charge in [0.25, 0.3) is 0 Å². The van der Waals surface area contributed by atoms with E-state index in [1.807, 2.05) is 34.6 Å². The first-order valence-corrected chi connectivity index (χ1v) is 8.72. The largest absolute Gasteiger partial charge is 0.490 e. The molecule has 0 aliphatic rings. The third-order valence-corrected chi connectivity index (χ3v) is 3.63. The van der Waals surface area contributed by atoms with Gasteiger partial charge in [-0.3, -0.25) is 4.79 Å². The molecule has 23 heavy (non-hydrogen) atoms. The van der Waals surface area contributed by atoms with E-state index in [0.29, 0.717) is 30.2 Å². The average molecular weight is 386 g/mol. The van der Waals surface area contributed by atoms with E-state index in [4.69, 9.17) is 9.47 Å². The summed E-state index contributed by atoms with van der Waals surface area (Å²) in [7, 11) is 0. The number of ketones is 1. The molecule has 0 saturated carbocycles. The monoisotopic (exact) mass is 385 g/mol. The highest BCUT2D eigenvalue weighted by Gasteiger charge is 2.26. The maximum atomic E-state index is 12.1. The first-order valence-electron chi connectivity index (χ1n) is 7.60. The van der Waals surface area contributed by atoms with Crippen molar-refractivity contribution in [2.45, 2.75) is 40.0 Å². The zero-order valence-corrected chi connectivity index (χ0v) is 15.9. The Labute approximate surface area is 145 Å². The van der Waals surface area contributed by atoms with Gasteiger partial charge in [-0.1, -0.05) is 36.7 Å². The van der Waals surface area contributed by atoms with E-state index in [1.54, 1.807) is 12.1 Å².